The lowest BCUT2D eigenvalue weighted by molar-refractivity contribution is 0.263. The van der Waals surface area contributed by atoms with Crippen LogP contribution < -0.4 is 9.46 Å². The van der Waals surface area contributed by atoms with Crippen molar-refractivity contribution < 1.29 is 8.95 Å². The van der Waals surface area contributed by atoms with Crippen LogP contribution >= 0.6 is 15.9 Å². The molecule has 3 nitrogen and oxygen atoms in total. The fourth-order valence-corrected chi connectivity index (χ4v) is 3.03. The zero-order chi connectivity index (χ0) is 13.3. The molecule has 1 aromatic rings. The molecule has 2 unspecified atom stereocenters. The van der Waals surface area contributed by atoms with Crippen molar-refractivity contribution in [2.75, 3.05) is 6.61 Å². The zero-order valence-electron chi connectivity index (χ0n) is 10.8. The maximum atomic E-state index is 12.2. The van der Waals surface area contributed by atoms with Crippen LogP contribution in [0.4, 0.5) is 0 Å². The summed E-state index contributed by atoms with van der Waals surface area (Å²) in [5, 5.41) is 0. The average molecular weight is 332 g/mol. The van der Waals surface area contributed by atoms with Crippen LogP contribution in [0.15, 0.2) is 22.7 Å². The van der Waals surface area contributed by atoms with E-state index in [1.165, 1.54) is 0 Å². The summed E-state index contributed by atoms with van der Waals surface area (Å²) in [7, 11) is -1.07. The summed E-state index contributed by atoms with van der Waals surface area (Å²) < 4.78 is 21.8. The van der Waals surface area contributed by atoms with Gasteiger partial charge in [-0.05, 0) is 39.0 Å². The minimum Gasteiger partial charge on any atom is -0.493 e. The molecule has 1 aliphatic heterocycles. The van der Waals surface area contributed by atoms with Gasteiger partial charge in [-0.2, -0.15) is 0 Å². The summed E-state index contributed by atoms with van der Waals surface area (Å²) in [6.07, 6.45) is 0.839. The van der Waals surface area contributed by atoms with Crippen LogP contribution in [0.2, 0.25) is 0 Å². The van der Waals surface area contributed by atoms with Crippen molar-refractivity contribution in [1.29, 1.82) is 0 Å². The number of hydrogen-bond donors (Lipinski definition) is 1. The predicted octanol–water partition coefficient (Wildman–Crippen LogP) is 3.32. The summed E-state index contributed by atoms with van der Waals surface area (Å²) in [6.45, 7) is 6.57. The Morgan fingerprint density at radius 2 is 2.17 bits per heavy atom. The number of hydrogen-bond acceptors (Lipinski definition) is 2. The van der Waals surface area contributed by atoms with Gasteiger partial charge in [-0.3, -0.25) is 0 Å². The van der Waals surface area contributed by atoms with E-state index in [2.05, 4.69) is 20.7 Å². The Hall–Kier alpha value is -0.390. The molecule has 5 heteroatoms. The molecule has 0 aliphatic carbocycles. The topological polar surface area (TPSA) is 38.3 Å². The Morgan fingerprint density at radius 3 is 2.83 bits per heavy atom. The normalized spacial score (nSPS) is 21.0. The number of ether oxygens (including phenoxy) is 1. The first-order valence-electron chi connectivity index (χ1n) is 5.98. The van der Waals surface area contributed by atoms with Gasteiger partial charge in [-0.1, -0.05) is 15.9 Å². The van der Waals surface area contributed by atoms with Gasteiger partial charge in [0.05, 0.1) is 28.4 Å². The van der Waals surface area contributed by atoms with E-state index < -0.39 is 11.0 Å². The first kappa shape index (κ1) is 14.0. The molecule has 2 rings (SSSR count). The molecule has 0 spiro atoms. The average Bonchev–Trinajstić information content (AvgIpc) is 2.28. The smallest absolute Gasteiger partial charge is 0.124 e. The van der Waals surface area contributed by atoms with Crippen molar-refractivity contribution in [2.45, 2.75) is 38.0 Å². The molecule has 1 N–H and O–H groups in total. The van der Waals surface area contributed by atoms with Gasteiger partial charge < -0.3 is 4.74 Å². The lowest BCUT2D eigenvalue weighted by atomic mass is 10.0. The van der Waals surface area contributed by atoms with Crippen molar-refractivity contribution in [3.8, 4) is 5.75 Å². The molecule has 2 atom stereocenters. The van der Waals surface area contributed by atoms with Crippen molar-refractivity contribution >= 4 is 26.9 Å². The van der Waals surface area contributed by atoms with E-state index in [4.69, 9.17) is 4.74 Å². The minimum absolute atomic E-state index is 0.0892. The second kappa shape index (κ2) is 5.31. The molecule has 0 fully saturated rings. The predicted molar refractivity (Wildman–Crippen MR) is 78.0 cm³/mol. The molecule has 1 aromatic carbocycles. The molecule has 0 saturated heterocycles. The Bertz CT molecular complexity index is 471. The largest absolute Gasteiger partial charge is 0.493 e. The number of rotatable bonds is 2. The second-order valence-corrected chi connectivity index (χ2v) is 8.28. The zero-order valence-corrected chi connectivity index (χ0v) is 13.2. The molecule has 0 saturated carbocycles. The van der Waals surface area contributed by atoms with Crippen molar-refractivity contribution in [2.24, 2.45) is 0 Å². The molecule has 0 bridgehead atoms. The van der Waals surface area contributed by atoms with E-state index in [1.54, 1.807) is 0 Å². The molecule has 1 heterocycles. The standard InChI is InChI=1S/C13H18BrNO2S/c1-13(2,3)18(16)15-11-6-7-17-12-5-4-9(14)8-10(11)12/h4-5,8,11,15H,6-7H2,1-3H3. The van der Waals surface area contributed by atoms with Gasteiger partial charge in [0.2, 0.25) is 0 Å². The molecule has 18 heavy (non-hydrogen) atoms. The number of halogens is 1. The third-order valence-corrected chi connectivity index (χ3v) is 4.92. The maximum absolute atomic E-state index is 12.2. The maximum Gasteiger partial charge on any atom is 0.124 e. The van der Waals surface area contributed by atoms with E-state index in [1.807, 2.05) is 39.0 Å². The Balaban J connectivity index is 2.22. The minimum atomic E-state index is -1.07. The highest BCUT2D eigenvalue weighted by molar-refractivity contribution is 9.10. The number of benzene rings is 1. The second-order valence-electron chi connectivity index (χ2n) is 5.37. The Labute approximate surface area is 119 Å². The molecule has 1 aliphatic rings. The van der Waals surface area contributed by atoms with Gasteiger partial charge in [-0.15, -0.1) is 0 Å². The molecule has 0 radical (unpaired) electrons. The number of nitrogens with one attached hydrogen (secondary N) is 1. The third kappa shape index (κ3) is 3.13. The monoisotopic (exact) mass is 331 g/mol. The highest BCUT2D eigenvalue weighted by Crippen LogP contribution is 2.34. The molecular formula is C13H18BrNO2S. The van der Waals surface area contributed by atoms with Gasteiger partial charge >= 0.3 is 0 Å². The first-order chi connectivity index (χ1) is 8.38. The summed E-state index contributed by atoms with van der Waals surface area (Å²) in [5.41, 5.74) is 1.08. The highest BCUT2D eigenvalue weighted by atomic mass is 79.9. The van der Waals surface area contributed by atoms with E-state index in [0.29, 0.717) is 6.61 Å². The van der Waals surface area contributed by atoms with E-state index in [9.17, 15) is 4.21 Å². The van der Waals surface area contributed by atoms with Gasteiger partial charge in [-0.25, -0.2) is 8.93 Å². The number of fused-ring (bicyclic) bond motifs is 1. The highest BCUT2D eigenvalue weighted by Gasteiger charge is 2.27. The van der Waals surface area contributed by atoms with Crippen LogP contribution in [0, 0.1) is 0 Å². The molecular weight excluding hydrogens is 314 g/mol. The SMILES string of the molecule is CC(C)(C)S(=O)NC1CCOc2ccc(Br)cc21. The Morgan fingerprint density at radius 1 is 1.44 bits per heavy atom. The summed E-state index contributed by atoms with van der Waals surface area (Å²) >= 11 is 3.46. The summed E-state index contributed by atoms with van der Waals surface area (Å²) in [4.78, 5) is 0. The summed E-state index contributed by atoms with van der Waals surface area (Å²) in [6, 6.07) is 6.03. The van der Waals surface area contributed by atoms with Crippen LogP contribution in [0.5, 0.6) is 5.75 Å². The Kier molecular flexibility index (Phi) is 4.14. The molecule has 0 amide bonds. The fourth-order valence-electron chi connectivity index (χ4n) is 1.79. The van der Waals surface area contributed by atoms with Gasteiger partial charge in [0.25, 0.3) is 0 Å². The van der Waals surface area contributed by atoms with Crippen LogP contribution in [-0.4, -0.2) is 15.6 Å². The lowest BCUT2D eigenvalue weighted by Crippen LogP contribution is -2.37. The van der Waals surface area contributed by atoms with Crippen molar-refractivity contribution in [3.63, 3.8) is 0 Å². The van der Waals surface area contributed by atoms with Crippen LogP contribution in [0.25, 0.3) is 0 Å². The van der Waals surface area contributed by atoms with E-state index in [-0.39, 0.29) is 10.8 Å². The molecule has 0 aromatic heterocycles. The van der Waals surface area contributed by atoms with Crippen molar-refractivity contribution in [3.05, 3.63) is 28.2 Å². The summed E-state index contributed by atoms with van der Waals surface area (Å²) in [5.74, 6) is 0.882. The van der Waals surface area contributed by atoms with Crippen LogP contribution in [0.1, 0.15) is 38.8 Å². The van der Waals surface area contributed by atoms with E-state index >= 15 is 0 Å². The van der Waals surface area contributed by atoms with Crippen molar-refractivity contribution in [1.82, 2.24) is 4.72 Å². The molecule has 100 valence electrons. The van der Waals surface area contributed by atoms with Gasteiger partial charge in [0, 0.05) is 16.5 Å². The van der Waals surface area contributed by atoms with Gasteiger partial charge in [0.15, 0.2) is 0 Å². The lowest BCUT2D eigenvalue weighted by Gasteiger charge is -2.29. The van der Waals surface area contributed by atoms with Crippen LogP contribution in [-0.2, 0) is 11.0 Å². The van der Waals surface area contributed by atoms with Crippen LogP contribution in [0.3, 0.4) is 0 Å². The third-order valence-electron chi connectivity index (χ3n) is 2.82. The fraction of sp³-hybridized carbons (Fsp3) is 0.538. The quantitative estimate of drug-likeness (QED) is 0.902. The van der Waals surface area contributed by atoms with E-state index in [0.717, 1.165) is 22.2 Å². The van der Waals surface area contributed by atoms with Gasteiger partial charge in [0.1, 0.15) is 5.75 Å². The first-order valence-corrected chi connectivity index (χ1v) is 7.92.